The fourth-order valence-electron chi connectivity index (χ4n) is 1.06. The van der Waals surface area contributed by atoms with Gasteiger partial charge in [-0.25, -0.2) is 0 Å². The Balaban J connectivity index is 2.19. The van der Waals surface area contributed by atoms with E-state index in [0.29, 0.717) is 11.2 Å². The Kier molecular flexibility index (Phi) is 5.04. The largest absolute Gasteiger partial charge is 0.361 e. The minimum absolute atomic E-state index is 0.365. The van der Waals surface area contributed by atoms with Crippen LogP contribution in [0.1, 0.15) is 13.8 Å². The first-order valence-electron chi connectivity index (χ1n) is 4.80. The molecule has 0 aromatic carbocycles. The Bertz CT molecular complexity index is 324. The van der Waals surface area contributed by atoms with Gasteiger partial charge in [0.2, 0.25) is 0 Å². The van der Waals surface area contributed by atoms with Crippen LogP contribution in [0, 0.1) is 0 Å². The number of hydrogen-bond acceptors (Lipinski definition) is 2. The highest BCUT2D eigenvalue weighted by molar-refractivity contribution is 9.10. The van der Waals surface area contributed by atoms with Crippen LogP contribution in [0.2, 0.25) is 0 Å². The highest BCUT2D eigenvalue weighted by Gasteiger charge is 1.98. The summed E-state index contributed by atoms with van der Waals surface area (Å²) < 4.78 is 2.85. The molecule has 2 N–H and O–H groups in total. The van der Waals surface area contributed by atoms with E-state index in [0.717, 1.165) is 17.6 Å². The van der Waals surface area contributed by atoms with Crippen LogP contribution in [-0.2, 0) is 6.54 Å². The van der Waals surface area contributed by atoms with Crippen LogP contribution in [0.25, 0.3) is 0 Å². The zero-order valence-corrected chi connectivity index (χ0v) is 11.2. The van der Waals surface area contributed by atoms with Crippen molar-refractivity contribution < 1.29 is 0 Å². The maximum atomic E-state index is 5.09. The second-order valence-corrected chi connectivity index (χ2v) is 4.80. The summed E-state index contributed by atoms with van der Waals surface area (Å²) in [4.78, 5) is 0. The zero-order chi connectivity index (χ0) is 11.3. The van der Waals surface area contributed by atoms with Gasteiger partial charge < -0.3 is 10.6 Å². The van der Waals surface area contributed by atoms with Gasteiger partial charge in [0, 0.05) is 18.8 Å². The van der Waals surface area contributed by atoms with Crippen LogP contribution in [-0.4, -0.2) is 27.5 Å². The van der Waals surface area contributed by atoms with Crippen molar-refractivity contribution in [3.8, 4) is 0 Å². The third-order valence-corrected chi connectivity index (χ3v) is 2.32. The minimum atomic E-state index is 0.365. The van der Waals surface area contributed by atoms with E-state index in [2.05, 4.69) is 45.5 Å². The van der Waals surface area contributed by atoms with E-state index in [9.17, 15) is 0 Å². The molecule has 1 aromatic heterocycles. The SMILES string of the molecule is CC(C)NC(=S)NCCn1cc(Br)cn1. The molecule has 4 nitrogen and oxygen atoms in total. The van der Waals surface area contributed by atoms with Crippen molar-refractivity contribution in [2.24, 2.45) is 0 Å². The number of hydrogen-bond donors (Lipinski definition) is 2. The van der Waals surface area contributed by atoms with Gasteiger partial charge in [-0.1, -0.05) is 0 Å². The molecule has 0 amide bonds. The number of rotatable bonds is 4. The molecule has 0 atom stereocenters. The van der Waals surface area contributed by atoms with E-state index < -0.39 is 0 Å². The van der Waals surface area contributed by atoms with Gasteiger partial charge in [-0.15, -0.1) is 0 Å². The summed E-state index contributed by atoms with van der Waals surface area (Å²) in [6.45, 7) is 5.68. The van der Waals surface area contributed by atoms with Crippen molar-refractivity contribution >= 4 is 33.3 Å². The van der Waals surface area contributed by atoms with Gasteiger partial charge in [0.15, 0.2) is 5.11 Å². The molecule has 84 valence electrons. The quantitative estimate of drug-likeness (QED) is 0.825. The van der Waals surface area contributed by atoms with Crippen LogP contribution in [0.15, 0.2) is 16.9 Å². The second-order valence-electron chi connectivity index (χ2n) is 3.48. The van der Waals surface area contributed by atoms with Gasteiger partial charge in [-0.2, -0.15) is 5.10 Å². The lowest BCUT2D eigenvalue weighted by Crippen LogP contribution is -2.40. The summed E-state index contributed by atoms with van der Waals surface area (Å²) in [6, 6.07) is 0.365. The third kappa shape index (κ3) is 5.13. The van der Waals surface area contributed by atoms with E-state index in [1.165, 1.54) is 0 Å². The zero-order valence-electron chi connectivity index (χ0n) is 8.83. The van der Waals surface area contributed by atoms with Crippen molar-refractivity contribution in [3.05, 3.63) is 16.9 Å². The highest BCUT2D eigenvalue weighted by atomic mass is 79.9. The van der Waals surface area contributed by atoms with Crippen LogP contribution in [0.4, 0.5) is 0 Å². The molecule has 0 fully saturated rings. The Morgan fingerprint density at radius 3 is 2.93 bits per heavy atom. The molecule has 6 heteroatoms. The summed E-state index contributed by atoms with van der Waals surface area (Å²) >= 11 is 8.43. The molecule has 0 aliphatic carbocycles. The second kappa shape index (κ2) is 6.07. The molecule has 0 aliphatic heterocycles. The summed E-state index contributed by atoms with van der Waals surface area (Å²) in [7, 11) is 0. The van der Waals surface area contributed by atoms with Crippen LogP contribution in [0.3, 0.4) is 0 Å². The van der Waals surface area contributed by atoms with Crippen molar-refractivity contribution in [2.75, 3.05) is 6.54 Å². The molecule has 0 radical (unpaired) electrons. The number of halogens is 1. The predicted octanol–water partition coefficient (Wildman–Crippen LogP) is 1.52. The Morgan fingerprint density at radius 2 is 2.40 bits per heavy atom. The third-order valence-electron chi connectivity index (χ3n) is 1.65. The van der Waals surface area contributed by atoms with Crippen molar-refractivity contribution in [1.82, 2.24) is 20.4 Å². The van der Waals surface area contributed by atoms with E-state index in [1.54, 1.807) is 6.20 Å². The van der Waals surface area contributed by atoms with Gasteiger partial charge in [0.1, 0.15) is 0 Å². The maximum Gasteiger partial charge on any atom is 0.166 e. The van der Waals surface area contributed by atoms with Crippen LogP contribution >= 0.6 is 28.1 Å². The van der Waals surface area contributed by atoms with Gasteiger partial charge in [0.25, 0.3) is 0 Å². The van der Waals surface area contributed by atoms with Gasteiger partial charge in [-0.05, 0) is 42.0 Å². The standard InChI is InChI=1S/C9H15BrN4S/c1-7(2)13-9(15)11-3-4-14-6-8(10)5-12-14/h5-7H,3-4H2,1-2H3,(H2,11,13,15). The lowest BCUT2D eigenvalue weighted by atomic mass is 10.4. The first-order chi connectivity index (χ1) is 7.08. The number of aromatic nitrogens is 2. The van der Waals surface area contributed by atoms with E-state index in [1.807, 2.05) is 10.9 Å². The van der Waals surface area contributed by atoms with Gasteiger partial charge in [0.05, 0.1) is 17.2 Å². The predicted molar refractivity (Wildman–Crippen MR) is 68.8 cm³/mol. The Morgan fingerprint density at radius 1 is 1.67 bits per heavy atom. The topological polar surface area (TPSA) is 41.9 Å². The van der Waals surface area contributed by atoms with Crippen molar-refractivity contribution in [2.45, 2.75) is 26.4 Å². The lowest BCUT2D eigenvalue weighted by molar-refractivity contribution is 0.596. The molecule has 0 unspecified atom stereocenters. The smallest absolute Gasteiger partial charge is 0.166 e. The molecule has 0 spiro atoms. The lowest BCUT2D eigenvalue weighted by Gasteiger charge is -2.12. The highest BCUT2D eigenvalue weighted by Crippen LogP contribution is 2.05. The molecule has 0 saturated heterocycles. The fraction of sp³-hybridized carbons (Fsp3) is 0.556. The summed E-state index contributed by atoms with van der Waals surface area (Å²) in [6.07, 6.45) is 3.70. The first kappa shape index (κ1) is 12.4. The molecular formula is C9H15BrN4S. The van der Waals surface area contributed by atoms with E-state index >= 15 is 0 Å². The van der Waals surface area contributed by atoms with Crippen molar-refractivity contribution in [1.29, 1.82) is 0 Å². The fourth-order valence-corrected chi connectivity index (χ4v) is 1.72. The maximum absolute atomic E-state index is 5.09. The molecule has 15 heavy (non-hydrogen) atoms. The van der Waals surface area contributed by atoms with Gasteiger partial charge >= 0.3 is 0 Å². The first-order valence-corrected chi connectivity index (χ1v) is 6.00. The van der Waals surface area contributed by atoms with E-state index in [-0.39, 0.29) is 0 Å². The van der Waals surface area contributed by atoms with E-state index in [4.69, 9.17) is 12.2 Å². The average Bonchev–Trinajstić information content (AvgIpc) is 2.50. The summed E-state index contributed by atoms with van der Waals surface area (Å²) in [5.41, 5.74) is 0. The monoisotopic (exact) mass is 290 g/mol. The normalized spacial score (nSPS) is 10.4. The number of thiocarbonyl (C=S) groups is 1. The van der Waals surface area contributed by atoms with Crippen LogP contribution < -0.4 is 10.6 Å². The number of nitrogens with zero attached hydrogens (tertiary/aromatic N) is 2. The van der Waals surface area contributed by atoms with Crippen LogP contribution in [0.5, 0.6) is 0 Å². The average molecular weight is 291 g/mol. The molecule has 1 rings (SSSR count). The molecule has 1 heterocycles. The molecule has 0 bridgehead atoms. The minimum Gasteiger partial charge on any atom is -0.361 e. The summed E-state index contributed by atoms with van der Waals surface area (Å²) in [5.74, 6) is 0. The Hall–Kier alpha value is -0.620. The number of nitrogens with one attached hydrogen (secondary N) is 2. The Labute approximate surface area is 104 Å². The molecule has 1 aromatic rings. The summed E-state index contributed by atoms with van der Waals surface area (Å²) in [5, 5.41) is 11.1. The molecule has 0 saturated carbocycles. The molecule has 0 aliphatic rings. The van der Waals surface area contributed by atoms with Crippen molar-refractivity contribution in [3.63, 3.8) is 0 Å². The molecular weight excluding hydrogens is 276 g/mol. The van der Waals surface area contributed by atoms with Gasteiger partial charge in [-0.3, -0.25) is 4.68 Å².